The highest BCUT2D eigenvalue weighted by Gasteiger charge is 2.23. The van der Waals surface area contributed by atoms with Crippen LogP contribution in [0, 0.1) is 11.8 Å². The zero-order chi connectivity index (χ0) is 25.0. The first-order chi connectivity index (χ1) is 17.7. The zero-order valence-corrected chi connectivity index (χ0v) is 21.4. The van der Waals surface area contributed by atoms with E-state index in [0.29, 0.717) is 36.5 Å². The van der Waals surface area contributed by atoms with E-state index in [1.165, 1.54) is 25.7 Å². The molecule has 2 aromatic carbocycles. The van der Waals surface area contributed by atoms with Crippen molar-refractivity contribution in [3.8, 4) is 17.2 Å². The predicted molar refractivity (Wildman–Crippen MR) is 142 cm³/mol. The largest absolute Gasteiger partial charge is 0.493 e. The fourth-order valence-electron chi connectivity index (χ4n) is 4.46. The van der Waals surface area contributed by atoms with E-state index in [4.69, 9.17) is 33.7 Å². The van der Waals surface area contributed by atoms with Crippen LogP contribution in [-0.2, 0) is 9.47 Å². The van der Waals surface area contributed by atoms with Gasteiger partial charge in [-0.15, -0.1) is 0 Å². The van der Waals surface area contributed by atoms with Gasteiger partial charge in [0.15, 0.2) is 18.3 Å². The number of hydrogen-bond donors (Lipinski definition) is 0. The van der Waals surface area contributed by atoms with E-state index in [2.05, 4.69) is 6.07 Å². The third kappa shape index (κ3) is 8.64. The van der Waals surface area contributed by atoms with Crippen LogP contribution in [0.1, 0.15) is 43.7 Å². The van der Waals surface area contributed by atoms with Crippen molar-refractivity contribution in [2.75, 3.05) is 46.8 Å². The van der Waals surface area contributed by atoms with E-state index in [1.54, 1.807) is 7.11 Å². The minimum Gasteiger partial charge on any atom is -0.493 e. The Balaban J connectivity index is 1.22. The van der Waals surface area contributed by atoms with Crippen molar-refractivity contribution in [1.29, 1.82) is 0 Å². The van der Waals surface area contributed by atoms with E-state index < -0.39 is 0 Å². The van der Waals surface area contributed by atoms with Gasteiger partial charge in [-0.2, -0.15) is 0 Å². The summed E-state index contributed by atoms with van der Waals surface area (Å²) in [5.41, 5.74) is 2.08. The Labute approximate surface area is 214 Å². The molecule has 0 amide bonds. The molecule has 2 aliphatic rings. The summed E-state index contributed by atoms with van der Waals surface area (Å²) in [7, 11) is 1.64. The molecule has 4 rings (SSSR count). The number of aliphatic imine (C=N–C) groups is 2. The lowest BCUT2D eigenvalue weighted by molar-refractivity contribution is 0.0209. The molecule has 1 aliphatic carbocycles. The van der Waals surface area contributed by atoms with Crippen molar-refractivity contribution in [3.63, 3.8) is 0 Å². The lowest BCUT2D eigenvalue weighted by atomic mass is 9.81. The molecule has 3 atom stereocenters. The summed E-state index contributed by atoms with van der Waals surface area (Å²) >= 11 is 0. The van der Waals surface area contributed by atoms with Crippen LogP contribution in [0.15, 0.2) is 52.4 Å². The summed E-state index contributed by atoms with van der Waals surface area (Å²) in [6, 6.07) is 13.9. The topological polar surface area (TPSA) is 74.2 Å². The summed E-state index contributed by atoms with van der Waals surface area (Å²) in [4.78, 5) is 9.50. The summed E-state index contributed by atoms with van der Waals surface area (Å²) in [5, 5.41) is 0. The molecule has 0 spiro atoms. The van der Waals surface area contributed by atoms with Gasteiger partial charge in [-0.3, -0.25) is 9.98 Å². The molecule has 0 N–H and O–H groups in total. The quantitative estimate of drug-likeness (QED) is 0.156. The first-order valence-corrected chi connectivity index (χ1v) is 13.0. The van der Waals surface area contributed by atoms with Crippen LogP contribution < -0.4 is 14.2 Å². The first kappa shape index (κ1) is 26.2. The number of rotatable bonds is 14. The normalized spacial score (nSPS) is 21.7. The zero-order valence-electron chi connectivity index (χ0n) is 21.4. The molecule has 1 heterocycles. The third-order valence-corrected chi connectivity index (χ3v) is 6.49. The average molecular weight is 495 g/mol. The van der Waals surface area contributed by atoms with Gasteiger partial charge in [0.25, 0.3) is 0 Å². The number of ether oxygens (including phenoxy) is 5. The van der Waals surface area contributed by atoms with Crippen LogP contribution in [0.3, 0.4) is 0 Å². The van der Waals surface area contributed by atoms with Crippen molar-refractivity contribution in [1.82, 2.24) is 0 Å². The Morgan fingerprint density at radius 3 is 2.39 bits per heavy atom. The van der Waals surface area contributed by atoms with Gasteiger partial charge < -0.3 is 23.7 Å². The van der Waals surface area contributed by atoms with Gasteiger partial charge in [-0.25, -0.2) is 0 Å². The molecule has 3 unspecified atom stereocenters. The van der Waals surface area contributed by atoms with Crippen LogP contribution in [0.25, 0.3) is 0 Å². The molecule has 36 heavy (non-hydrogen) atoms. The number of nitrogens with zero attached hydrogens (tertiary/aromatic N) is 2. The summed E-state index contributed by atoms with van der Waals surface area (Å²) in [5.74, 6) is 3.44. The minimum atomic E-state index is 0.213. The molecule has 1 saturated heterocycles. The molecule has 1 saturated carbocycles. The van der Waals surface area contributed by atoms with Gasteiger partial charge in [0, 0.05) is 32.1 Å². The second-order valence-electron chi connectivity index (χ2n) is 9.39. The van der Waals surface area contributed by atoms with Crippen LogP contribution in [0.4, 0.5) is 0 Å². The Hall–Kier alpha value is -2.90. The van der Waals surface area contributed by atoms with Crippen molar-refractivity contribution < 1.29 is 23.7 Å². The number of methoxy groups -OCH3 is 1. The van der Waals surface area contributed by atoms with Gasteiger partial charge in [0.05, 0.1) is 13.7 Å². The fourth-order valence-corrected chi connectivity index (χ4v) is 4.46. The second kappa shape index (κ2) is 14.0. The molecule has 7 heteroatoms. The van der Waals surface area contributed by atoms with Gasteiger partial charge in [0.2, 0.25) is 0 Å². The summed E-state index contributed by atoms with van der Waals surface area (Å²) in [6.45, 7) is 5.89. The maximum absolute atomic E-state index is 5.77. The third-order valence-electron chi connectivity index (χ3n) is 6.49. The van der Waals surface area contributed by atoms with Gasteiger partial charge in [-0.05, 0) is 79.5 Å². The maximum atomic E-state index is 5.77. The van der Waals surface area contributed by atoms with Crippen molar-refractivity contribution in [2.45, 2.75) is 38.7 Å². The van der Waals surface area contributed by atoms with Crippen molar-refractivity contribution >= 4 is 12.4 Å². The molecule has 0 bridgehead atoms. The number of hydrogen-bond acceptors (Lipinski definition) is 7. The second-order valence-corrected chi connectivity index (χ2v) is 9.39. The highest BCUT2D eigenvalue weighted by atomic mass is 16.7. The molecule has 1 aliphatic heterocycles. The number of benzene rings is 2. The van der Waals surface area contributed by atoms with Crippen LogP contribution in [-0.4, -0.2) is 65.3 Å². The van der Waals surface area contributed by atoms with E-state index in [9.17, 15) is 0 Å². The first-order valence-electron chi connectivity index (χ1n) is 13.0. The average Bonchev–Trinajstić information content (AvgIpc) is 3.73. The van der Waals surface area contributed by atoms with E-state index in [-0.39, 0.29) is 12.9 Å². The van der Waals surface area contributed by atoms with Gasteiger partial charge >= 0.3 is 0 Å². The molecule has 0 radical (unpaired) electrons. The van der Waals surface area contributed by atoms with Gasteiger partial charge in [-0.1, -0.05) is 18.6 Å². The maximum Gasteiger partial charge on any atom is 0.189 e. The monoisotopic (exact) mass is 494 g/mol. The van der Waals surface area contributed by atoms with Crippen LogP contribution >= 0.6 is 0 Å². The molecular formula is C29H38N2O5. The summed E-state index contributed by atoms with van der Waals surface area (Å²) < 4.78 is 27.3. The van der Waals surface area contributed by atoms with Crippen LogP contribution in [0.5, 0.6) is 17.2 Å². The highest BCUT2D eigenvalue weighted by Crippen LogP contribution is 2.30. The molecule has 0 aromatic heterocycles. The van der Waals surface area contributed by atoms with E-state index in [0.717, 1.165) is 36.6 Å². The molecule has 7 nitrogen and oxygen atoms in total. The lowest BCUT2D eigenvalue weighted by Crippen LogP contribution is -2.20. The minimum absolute atomic E-state index is 0.213. The molecule has 2 fully saturated rings. The molecule has 2 aromatic rings. The van der Waals surface area contributed by atoms with Crippen molar-refractivity contribution in [3.05, 3.63) is 53.6 Å². The molecular weight excluding hydrogens is 456 g/mol. The highest BCUT2D eigenvalue weighted by molar-refractivity contribution is 5.81. The van der Waals surface area contributed by atoms with E-state index in [1.807, 2.05) is 55.8 Å². The summed E-state index contributed by atoms with van der Waals surface area (Å²) in [6.07, 6.45) is 9.05. The predicted octanol–water partition coefficient (Wildman–Crippen LogP) is 5.19. The fraction of sp³-hybridized carbons (Fsp3) is 0.517. The number of epoxide rings is 1. The SMILES string of the molecule is CCOCOc1ccc(C=NCC2CCCC(CN=Cc3cccc(OCC4CO4)c3)C2)cc1OC. The van der Waals surface area contributed by atoms with E-state index >= 15 is 0 Å². The lowest BCUT2D eigenvalue weighted by Gasteiger charge is -2.27. The Morgan fingerprint density at radius 1 is 0.944 bits per heavy atom. The van der Waals surface area contributed by atoms with Crippen molar-refractivity contribution in [2.24, 2.45) is 21.8 Å². The standard InChI is InChI=1S/C29H38N2O5/c1-3-33-21-36-28-11-10-25(14-29(28)32-2)18-31-16-23-7-4-6-22(12-23)15-30-17-24-8-5-9-26(13-24)34-19-27-20-35-27/h5,8-11,13-14,17-18,22-23,27H,3-4,6-7,12,15-16,19-21H2,1-2H3. The Kier molecular flexibility index (Phi) is 10.2. The smallest absolute Gasteiger partial charge is 0.189 e. The van der Waals surface area contributed by atoms with Gasteiger partial charge in [0.1, 0.15) is 18.5 Å². The Morgan fingerprint density at radius 2 is 1.69 bits per heavy atom. The Bertz CT molecular complexity index is 1000. The van der Waals surface area contributed by atoms with Crippen LogP contribution in [0.2, 0.25) is 0 Å². The molecule has 194 valence electrons.